The van der Waals surface area contributed by atoms with Crippen LogP contribution in [0.15, 0.2) is 40.9 Å². The summed E-state index contributed by atoms with van der Waals surface area (Å²) in [6.07, 6.45) is 3.31. The van der Waals surface area contributed by atoms with E-state index >= 15 is 0 Å². The molecule has 2 aromatic rings. The van der Waals surface area contributed by atoms with Crippen molar-refractivity contribution in [3.05, 3.63) is 52.0 Å². The summed E-state index contributed by atoms with van der Waals surface area (Å²) in [5.74, 6) is 0. The zero-order chi connectivity index (χ0) is 18.7. The van der Waals surface area contributed by atoms with Gasteiger partial charge in [0.15, 0.2) is 6.29 Å². The predicted octanol–water partition coefficient (Wildman–Crippen LogP) is 6.01. The molecule has 0 N–H and O–H groups in total. The molecule has 2 nitrogen and oxygen atoms in total. The summed E-state index contributed by atoms with van der Waals surface area (Å²) in [5, 5.41) is 1.47. The van der Waals surface area contributed by atoms with Crippen LogP contribution in [0.4, 0.5) is 0 Å². The van der Waals surface area contributed by atoms with E-state index < -0.39 is 8.07 Å². The molecule has 0 radical (unpaired) electrons. The lowest BCUT2D eigenvalue weighted by Gasteiger charge is -2.24. The van der Waals surface area contributed by atoms with Crippen molar-refractivity contribution in [2.45, 2.75) is 58.7 Å². The molecule has 4 heteroatoms. The van der Waals surface area contributed by atoms with E-state index in [2.05, 4.69) is 78.9 Å². The highest BCUT2D eigenvalue weighted by molar-refractivity contribution is 9.10. The van der Waals surface area contributed by atoms with Gasteiger partial charge in [-0.3, -0.25) is 0 Å². The number of hydrogen-bond acceptors (Lipinski definition) is 2. The van der Waals surface area contributed by atoms with Gasteiger partial charge in [-0.25, -0.2) is 0 Å². The highest BCUT2D eigenvalue weighted by Gasteiger charge is 2.19. The Hall–Kier alpha value is -0.943. The Kier molecular flexibility index (Phi) is 6.39. The van der Waals surface area contributed by atoms with Gasteiger partial charge in [0.25, 0.3) is 0 Å². The van der Waals surface area contributed by atoms with Crippen LogP contribution in [0, 0.1) is 6.92 Å². The maximum Gasteiger partial charge on any atom is 0.158 e. The Balaban J connectivity index is 1.90. The van der Waals surface area contributed by atoms with Gasteiger partial charge >= 0.3 is 0 Å². The van der Waals surface area contributed by atoms with Crippen molar-refractivity contribution < 1.29 is 9.47 Å². The van der Waals surface area contributed by atoms with Crippen molar-refractivity contribution in [3.63, 3.8) is 0 Å². The minimum atomic E-state index is -1.42. The van der Waals surface area contributed by atoms with Gasteiger partial charge in [-0.05, 0) is 66.6 Å². The Morgan fingerprint density at radius 1 is 1.04 bits per heavy atom. The number of hydrogen-bond donors (Lipinski definition) is 0. The first-order valence-corrected chi connectivity index (χ1v) is 13.8. The summed E-state index contributed by atoms with van der Waals surface area (Å²) in [7, 11) is -1.42. The highest BCUT2D eigenvalue weighted by Crippen LogP contribution is 2.27. The Labute approximate surface area is 167 Å². The van der Waals surface area contributed by atoms with Gasteiger partial charge in [0, 0.05) is 11.1 Å². The molecule has 1 saturated heterocycles. The molecule has 3 rings (SSSR count). The molecule has 0 bridgehead atoms. The van der Waals surface area contributed by atoms with Crippen molar-refractivity contribution in [2.75, 3.05) is 6.61 Å². The normalized spacial score (nSPS) is 18.1. The summed E-state index contributed by atoms with van der Waals surface area (Å²) in [6, 6.07) is 13.6. The first-order valence-electron chi connectivity index (χ1n) is 9.46. The smallest absolute Gasteiger partial charge is 0.158 e. The van der Waals surface area contributed by atoms with Crippen LogP contribution >= 0.6 is 15.9 Å². The lowest BCUT2D eigenvalue weighted by Crippen LogP contribution is -2.38. The average molecular weight is 433 g/mol. The Morgan fingerprint density at radius 3 is 2.46 bits per heavy atom. The average Bonchev–Trinajstić information content (AvgIpc) is 2.59. The topological polar surface area (TPSA) is 18.5 Å². The number of halogens is 1. The van der Waals surface area contributed by atoms with Gasteiger partial charge in [-0.2, -0.15) is 0 Å². The molecule has 140 valence electrons. The molecule has 1 atom stereocenters. The first kappa shape index (κ1) is 19.8. The van der Waals surface area contributed by atoms with E-state index in [9.17, 15) is 0 Å². The fourth-order valence-corrected chi connectivity index (χ4v) is 5.12. The lowest BCUT2D eigenvalue weighted by molar-refractivity contribution is -0.168. The van der Waals surface area contributed by atoms with E-state index in [0.29, 0.717) is 6.61 Å². The SMILES string of the molecule is Cc1cc(Br)cc(-c2cc(COC3CCCCO3)cc([Si](C)(C)C)c2)c1. The Morgan fingerprint density at radius 2 is 1.81 bits per heavy atom. The molecule has 0 aromatic heterocycles. The van der Waals surface area contributed by atoms with Crippen molar-refractivity contribution in [1.82, 2.24) is 0 Å². The van der Waals surface area contributed by atoms with E-state index in [4.69, 9.17) is 9.47 Å². The highest BCUT2D eigenvalue weighted by atomic mass is 79.9. The van der Waals surface area contributed by atoms with Gasteiger partial charge in [0.05, 0.1) is 14.7 Å². The minimum absolute atomic E-state index is 0.0455. The third-order valence-electron chi connectivity index (χ3n) is 4.81. The molecule has 0 amide bonds. The third-order valence-corrected chi connectivity index (χ3v) is 7.29. The van der Waals surface area contributed by atoms with E-state index in [1.165, 1.54) is 33.9 Å². The zero-order valence-corrected chi connectivity index (χ0v) is 18.9. The van der Waals surface area contributed by atoms with Crippen LogP contribution in [0.25, 0.3) is 11.1 Å². The fourth-order valence-electron chi connectivity index (χ4n) is 3.31. The second-order valence-corrected chi connectivity index (χ2v) is 14.3. The molecule has 0 aliphatic carbocycles. The maximum atomic E-state index is 6.06. The van der Waals surface area contributed by atoms with Crippen LogP contribution in [-0.4, -0.2) is 21.0 Å². The monoisotopic (exact) mass is 432 g/mol. The van der Waals surface area contributed by atoms with E-state index in [0.717, 1.165) is 23.9 Å². The molecular weight excluding hydrogens is 404 g/mol. The van der Waals surface area contributed by atoms with Gasteiger partial charge < -0.3 is 9.47 Å². The molecule has 1 unspecified atom stereocenters. The Bertz CT molecular complexity index is 741. The van der Waals surface area contributed by atoms with E-state index in [-0.39, 0.29) is 6.29 Å². The summed E-state index contributed by atoms with van der Waals surface area (Å²) in [6.45, 7) is 10.8. The zero-order valence-electron chi connectivity index (χ0n) is 16.3. The summed E-state index contributed by atoms with van der Waals surface area (Å²) >= 11 is 3.64. The number of rotatable bonds is 5. The standard InChI is InChI=1S/C22H29BrO2Si/c1-16-9-18(13-20(23)10-16)19-11-17(12-21(14-19)26(2,3)4)15-25-22-7-5-6-8-24-22/h9-14,22H,5-8,15H2,1-4H3. The summed E-state index contributed by atoms with van der Waals surface area (Å²) in [4.78, 5) is 0. The molecular formula is C22H29BrO2Si. The molecule has 2 aromatic carbocycles. The van der Waals surface area contributed by atoms with Crippen LogP contribution in [0.3, 0.4) is 0 Å². The maximum absolute atomic E-state index is 6.06. The van der Waals surface area contributed by atoms with Crippen LogP contribution in [-0.2, 0) is 16.1 Å². The van der Waals surface area contributed by atoms with E-state index in [1.807, 2.05) is 0 Å². The number of benzene rings is 2. The molecule has 0 saturated carbocycles. The quantitative estimate of drug-likeness (QED) is 0.538. The van der Waals surface area contributed by atoms with E-state index in [1.54, 1.807) is 0 Å². The summed E-state index contributed by atoms with van der Waals surface area (Å²) in [5.41, 5.74) is 5.04. The van der Waals surface area contributed by atoms with Crippen molar-refractivity contribution in [1.29, 1.82) is 0 Å². The predicted molar refractivity (Wildman–Crippen MR) is 116 cm³/mol. The fraction of sp³-hybridized carbons (Fsp3) is 0.455. The van der Waals surface area contributed by atoms with Crippen LogP contribution in [0.1, 0.15) is 30.4 Å². The van der Waals surface area contributed by atoms with Gasteiger partial charge in [0.1, 0.15) is 0 Å². The molecule has 1 fully saturated rings. The van der Waals surface area contributed by atoms with Gasteiger partial charge in [0.2, 0.25) is 0 Å². The number of aryl methyl sites for hydroxylation is 1. The third kappa shape index (κ3) is 5.29. The van der Waals surface area contributed by atoms with Crippen LogP contribution in [0.5, 0.6) is 0 Å². The molecule has 1 aliphatic heterocycles. The van der Waals surface area contributed by atoms with Crippen LogP contribution in [0.2, 0.25) is 19.6 Å². The van der Waals surface area contributed by atoms with Gasteiger partial charge in [-0.1, -0.05) is 59.0 Å². The minimum Gasteiger partial charge on any atom is -0.353 e. The molecule has 1 heterocycles. The molecule has 26 heavy (non-hydrogen) atoms. The lowest BCUT2D eigenvalue weighted by atomic mass is 10.0. The van der Waals surface area contributed by atoms with Crippen LogP contribution < -0.4 is 5.19 Å². The van der Waals surface area contributed by atoms with Gasteiger partial charge in [-0.15, -0.1) is 0 Å². The largest absolute Gasteiger partial charge is 0.353 e. The molecule has 0 spiro atoms. The number of ether oxygens (including phenoxy) is 2. The second kappa shape index (κ2) is 8.38. The van der Waals surface area contributed by atoms with Crippen molar-refractivity contribution in [3.8, 4) is 11.1 Å². The van der Waals surface area contributed by atoms with Crippen molar-refractivity contribution in [2.24, 2.45) is 0 Å². The molecule has 1 aliphatic rings. The first-order chi connectivity index (χ1) is 12.3. The second-order valence-electron chi connectivity index (χ2n) is 8.29. The summed E-state index contributed by atoms with van der Waals surface area (Å²) < 4.78 is 12.9. The van der Waals surface area contributed by atoms with Crippen molar-refractivity contribution >= 4 is 29.2 Å².